The van der Waals surface area contributed by atoms with E-state index < -0.39 is 24.6 Å². The number of halogens is 3. The number of ether oxygens (including phenoxy) is 1. The van der Waals surface area contributed by atoms with E-state index in [1.165, 1.54) is 11.2 Å². The van der Waals surface area contributed by atoms with Crippen molar-refractivity contribution < 1.29 is 22.7 Å². The molecule has 0 aromatic carbocycles. The van der Waals surface area contributed by atoms with Gasteiger partial charge in [-0.15, -0.1) is 13.2 Å². The smallest absolute Gasteiger partial charge is 0.359 e. The molecule has 1 saturated heterocycles. The number of nitrogens with zero attached hydrogens (tertiary/aromatic N) is 3. The number of aromatic nitrogens is 2. The Balaban J connectivity index is 1.57. The van der Waals surface area contributed by atoms with Gasteiger partial charge in [0, 0.05) is 18.0 Å². The first-order valence-electron chi connectivity index (χ1n) is 8.23. The molecular weight excluding hydrogens is 337 g/mol. The van der Waals surface area contributed by atoms with Crippen LogP contribution in [0.25, 0.3) is 0 Å². The predicted molar refractivity (Wildman–Crippen MR) is 83.8 cm³/mol. The van der Waals surface area contributed by atoms with E-state index in [1.807, 2.05) is 6.07 Å². The quantitative estimate of drug-likeness (QED) is 0.876. The van der Waals surface area contributed by atoms with Crippen molar-refractivity contribution in [1.82, 2.24) is 14.9 Å². The predicted octanol–water partition coefficient (Wildman–Crippen LogP) is 2.46. The molecule has 25 heavy (non-hydrogen) atoms. The number of nitrogens with one attached hydrogen (secondary N) is 1. The fourth-order valence-corrected chi connectivity index (χ4v) is 2.92. The van der Waals surface area contributed by atoms with Crippen molar-refractivity contribution in [3.05, 3.63) is 18.1 Å². The fraction of sp³-hybridized carbons (Fsp3) is 0.688. The van der Waals surface area contributed by atoms with E-state index in [-0.39, 0.29) is 17.9 Å². The Labute approximate surface area is 143 Å². The molecule has 2 aliphatic rings. The molecule has 2 heterocycles. The minimum absolute atomic E-state index is 0.0708. The summed E-state index contributed by atoms with van der Waals surface area (Å²) >= 11 is 0. The molecule has 3 rings (SSSR count). The summed E-state index contributed by atoms with van der Waals surface area (Å²) in [6.07, 6.45) is -2.10. The maximum absolute atomic E-state index is 12.4. The number of amides is 1. The molecule has 0 spiro atoms. The maximum atomic E-state index is 12.4. The van der Waals surface area contributed by atoms with E-state index in [2.05, 4.69) is 26.9 Å². The van der Waals surface area contributed by atoms with Gasteiger partial charge in [-0.1, -0.05) is 6.92 Å². The normalized spacial score (nSPS) is 25.9. The highest BCUT2D eigenvalue weighted by Crippen LogP contribution is 2.46. The Kier molecular flexibility index (Phi) is 4.38. The van der Waals surface area contributed by atoms with Gasteiger partial charge >= 0.3 is 6.36 Å². The summed E-state index contributed by atoms with van der Waals surface area (Å²) < 4.78 is 40.8. The van der Waals surface area contributed by atoms with Crippen molar-refractivity contribution in [2.75, 3.05) is 11.9 Å². The number of carbonyl (C=O) groups is 1. The van der Waals surface area contributed by atoms with Crippen LogP contribution in [0.2, 0.25) is 0 Å². The molecule has 1 aliphatic carbocycles. The molecule has 1 aromatic heterocycles. The molecule has 1 N–H and O–H groups in total. The lowest BCUT2D eigenvalue weighted by Gasteiger charge is -2.46. The molecule has 1 saturated carbocycles. The van der Waals surface area contributed by atoms with Gasteiger partial charge in [-0.05, 0) is 26.7 Å². The van der Waals surface area contributed by atoms with Crippen molar-refractivity contribution >= 4 is 11.7 Å². The van der Waals surface area contributed by atoms with Gasteiger partial charge in [-0.3, -0.25) is 9.53 Å². The van der Waals surface area contributed by atoms with Crippen molar-refractivity contribution in [3.8, 4) is 0 Å². The van der Waals surface area contributed by atoms with Crippen LogP contribution in [0.15, 0.2) is 12.4 Å². The van der Waals surface area contributed by atoms with Gasteiger partial charge in [0.25, 0.3) is 0 Å². The highest BCUT2D eigenvalue weighted by molar-refractivity contribution is 5.85. The van der Waals surface area contributed by atoms with Crippen molar-refractivity contribution in [2.24, 2.45) is 0 Å². The second-order valence-electron chi connectivity index (χ2n) is 7.05. The first-order valence-corrected chi connectivity index (χ1v) is 8.23. The van der Waals surface area contributed by atoms with Gasteiger partial charge in [-0.25, -0.2) is 9.97 Å². The monoisotopic (exact) mass is 358 g/mol. The Bertz CT molecular complexity index is 663. The van der Waals surface area contributed by atoms with E-state index in [0.717, 1.165) is 18.5 Å². The molecule has 3 atom stereocenters. The SMILES string of the molecule is C[C@@H](Nc1cc(C2(C)CC2)ncn1)C(=O)N1C[C@H](OC(F)(F)F)[C@@H]1C. The highest BCUT2D eigenvalue weighted by atomic mass is 19.4. The molecule has 0 radical (unpaired) electrons. The summed E-state index contributed by atoms with van der Waals surface area (Å²) in [5.74, 6) is 0.252. The molecule has 9 heteroatoms. The number of hydrogen-bond acceptors (Lipinski definition) is 5. The number of likely N-dealkylation sites (tertiary alicyclic amines) is 1. The zero-order valence-electron chi connectivity index (χ0n) is 14.3. The van der Waals surface area contributed by atoms with E-state index in [4.69, 9.17) is 0 Å². The lowest BCUT2D eigenvalue weighted by Crippen LogP contribution is -2.64. The van der Waals surface area contributed by atoms with Gasteiger partial charge in [0.15, 0.2) is 0 Å². The van der Waals surface area contributed by atoms with Crippen molar-refractivity contribution in [1.29, 1.82) is 0 Å². The topological polar surface area (TPSA) is 67.4 Å². The maximum Gasteiger partial charge on any atom is 0.522 e. The number of hydrogen-bond donors (Lipinski definition) is 1. The van der Waals surface area contributed by atoms with Crippen LogP contribution in [0.4, 0.5) is 19.0 Å². The molecule has 1 aromatic rings. The molecular formula is C16H21F3N4O2. The van der Waals surface area contributed by atoms with E-state index in [9.17, 15) is 18.0 Å². The van der Waals surface area contributed by atoms with Gasteiger partial charge in [0.05, 0.1) is 11.7 Å². The fourth-order valence-electron chi connectivity index (χ4n) is 2.92. The Morgan fingerprint density at radius 3 is 2.68 bits per heavy atom. The van der Waals surface area contributed by atoms with Gasteiger partial charge in [0.2, 0.25) is 5.91 Å². The first-order chi connectivity index (χ1) is 11.6. The van der Waals surface area contributed by atoms with Crippen LogP contribution >= 0.6 is 0 Å². The van der Waals surface area contributed by atoms with Crippen LogP contribution in [-0.2, 0) is 14.9 Å². The van der Waals surface area contributed by atoms with E-state index in [1.54, 1.807) is 13.8 Å². The molecule has 0 bridgehead atoms. The standard InChI is InChI=1S/C16H21F3N4O2/c1-9(14(24)23-7-11(10(23)2)25-16(17,18)19)22-13-6-12(20-8-21-13)15(3)4-5-15/h6,8-11H,4-5,7H2,1-3H3,(H,20,21,22)/t9-,10+,11+/m1/s1. The summed E-state index contributed by atoms with van der Waals surface area (Å²) in [6, 6.07) is 0.597. The summed E-state index contributed by atoms with van der Waals surface area (Å²) in [4.78, 5) is 22.2. The largest absolute Gasteiger partial charge is 0.522 e. The lowest BCUT2D eigenvalue weighted by molar-refractivity contribution is -0.359. The first kappa shape index (κ1) is 17.9. The molecule has 0 unspecified atom stereocenters. The van der Waals surface area contributed by atoms with Crippen LogP contribution in [0.1, 0.15) is 39.3 Å². The second kappa shape index (κ2) is 6.12. The Hall–Kier alpha value is -1.90. The van der Waals surface area contributed by atoms with Gasteiger partial charge < -0.3 is 10.2 Å². The van der Waals surface area contributed by atoms with Crippen LogP contribution in [0.3, 0.4) is 0 Å². The summed E-state index contributed by atoms with van der Waals surface area (Å²) in [6.45, 7) is 5.25. The number of rotatable bonds is 5. The third-order valence-electron chi connectivity index (χ3n) is 4.99. The number of carbonyl (C=O) groups excluding carboxylic acids is 1. The zero-order valence-corrected chi connectivity index (χ0v) is 14.3. The highest BCUT2D eigenvalue weighted by Gasteiger charge is 2.47. The minimum Gasteiger partial charge on any atom is -0.359 e. The molecule has 2 fully saturated rings. The second-order valence-corrected chi connectivity index (χ2v) is 7.05. The molecule has 1 amide bonds. The number of alkyl halides is 3. The van der Waals surface area contributed by atoms with Gasteiger partial charge in [-0.2, -0.15) is 0 Å². The van der Waals surface area contributed by atoms with Crippen LogP contribution < -0.4 is 5.32 Å². The molecule has 1 aliphatic heterocycles. The van der Waals surface area contributed by atoms with Crippen molar-refractivity contribution in [3.63, 3.8) is 0 Å². The Morgan fingerprint density at radius 1 is 1.44 bits per heavy atom. The van der Waals surface area contributed by atoms with Crippen LogP contribution in [-0.4, -0.2) is 51.9 Å². The van der Waals surface area contributed by atoms with Crippen LogP contribution in [0, 0.1) is 0 Å². The molecule has 138 valence electrons. The van der Waals surface area contributed by atoms with E-state index in [0.29, 0.717) is 5.82 Å². The third-order valence-corrected chi connectivity index (χ3v) is 4.99. The molecule has 6 nitrogen and oxygen atoms in total. The van der Waals surface area contributed by atoms with Crippen LogP contribution in [0.5, 0.6) is 0 Å². The summed E-state index contributed by atoms with van der Waals surface area (Å²) in [5.41, 5.74) is 1.02. The minimum atomic E-state index is -4.69. The van der Waals surface area contributed by atoms with Crippen molar-refractivity contribution in [2.45, 2.75) is 63.6 Å². The Morgan fingerprint density at radius 2 is 2.12 bits per heavy atom. The zero-order chi connectivity index (χ0) is 18.4. The summed E-state index contributed by atoms with van der Waals surface area (Å²) in [7, 11) is 0. The average Bonchev–Trinajstić information content (AvgIpc) is 3.28. The van der Waals surface area contributed by atoms with E-state index >= 15 is 0 Å². The third kappa shape index (κ3) is 3.86. The average molecular weight is 358 g/mol. The lowest BCUT2D eigenvalue weighted by atomic mass is 9.99. The number of anilines is 1. The summed E-state index contributed by atoms with van der Waals surface area (Å²) in [5, 5.41) is 3.01. The van der Waals surface area contributed by atoms with Gasteiger partial charge in [0.1, 0.15) is 24.3 Å².